The van der Waals surface area contributed by atoms with E-state index in [1.54, 1.807) is 17.8 Å². The molecular formula is C13H15ClN2O2. The Morgan fingerprint density at radius 1 is 1.56 bits per heavy atom. The molecule has 0 N–H and O–H groups in total. The maximum atomic E-state index is 12.1. The Labute approximate surface area is 111 Å². The molecule has 0 amide bonds. The topological polar surface area (TPSA) is 48.0 Å². The fraction of sp³-hybridized carbons (Fsp3) is 0.385. The molecule has 0 atom stereocenters. The van der Waals surface area contributed by atoms with Crippen LogP contribution in [0.5, 0.6) is 0 Å². The van der Waals surface area contributed by atoms with Crippen LogP contribution in [0.1, 0.15) is 34.4 Å². The number of Topliss-reactive ketones (excluding diaryl/α,β-unsaturated/α-hetero) is 1. The molecule has 0 unspecified atom stereocenters. The molecule has 0 fully saturated rings. The van der Waals surface area contributed by atoms with Gasteiger partial charge in [0.1, 0.15) is 12.0 Å². The Bertz CT molecular complexity index is 584. The van der Waals surface area contributed by atoms with Crippen LogP contribution in [0.25, 0.3) is 0 Å². The van der Waals surface area contributed by atoms with E-state index in [4.69, 9.17) is 16.0 Å². The van der Waals surface area contributed by atoms with Gasteiger partial charge in [-0.1, -0.05) is 18.5 Å². The van der Waals surface area contributed by atoms with Crippen molar-refractivity contribution in [3.63, 3.8) is 0 Å². The quantitative estimate of drug-likeness (QED) is 0.800. The number of aryl methyl sites for hydroxylation is 3. The molecule has 96 valence electrons. The second kappa shape index (κ2) is 4.98. The summed E-state index contributed by atoms with van der Waals surface area (Å²) in [6.07, 6.45) is 2.47. The van der Waals surface area contributed by atoms with Crippen molar-refractivity contribution >= 4 is 17.4 Å². The van der Waals surface area contributed by atoms with Crippen LogP contribution >= 0.6 is 11.6 Å². The molecule has 4 nitrogen and oxygen atoms in total. The first kappa shape index (κ1) is 12.9. The van der Waals surface area contributed by atoms with Crippen LogP contribution in [-0.2, 0) is 19.9 Å². The van der Waals surface area contributed by atoms with E-state index in [1.807, 2.05) is 13.8 Å². The third-order valence-electron chi connectivity index (χ3n) is 2.88. The van der Waals surface area contributed by atoms with Crippen molar-refractivity contribution in [1.82, 2.24) is 9.78 Å². The molecule has 0 aliphatic rings. The number of rotatable bonds is 4. The number of ketones is 1. The van der Waals surface area contributed by atoms with Crippen LogP contribution in [0, 0.1) is 6.92 Å². The SMILES string of the molecule is CCc1nn(C)c(CC(=O)c2coc(C)c2)c1Cl. The standard InChI is InChI=1S/C13H15ClN2O2/c1-4-10-13(14)11(16(3)15-10)6-12(17)9-5-8(2)18-7-9/h5,7H,4,6H2,1-3H3. The van der Waals surface area contributed by atoms with Crippen LogP contribution in [0.2, 0.25) is 5.02 Å². The van der Waals surface area contributed by atoms with Gasteiger partial charge in [-0.3, -0.25) is 9.48 Å². The average Bonchev–Trinajstić information content (AvgIpc) is 2.87. The molecule has 0 saturated carbocycles. The van der Waals surface area contributed by atoms with E-state index >= 15 is 0 Å². The summed E-state index contributed by atoms with van der Waals surface area (Å²) in [7, 11) is 1.80. The number of carbonyl (C=O) groups is 1. The summed E-state index contributed by atoms with van der Waals surface area (Å²) in [5, 5.41) is 4.88. The number of hydrogen-bond acceptors (Lipinski definition) is 3. The molecule has 0 radical (unpaired) electrons. The fourth-order valence-electron chi connectivity index (χ4n) is 1.86. The number of hydrogen-bond donors (Lipinski definition) is 0. The van der Waals surface area contributed by atoms with E-state index in [2.05, 4.69) is 5.10 Å². The van der Waals surface area contributed by atoms with Crippen molar-refractivity contribution in [3.8, 4) is 0 Å². The third kappa shape index (κ3) is 2.34. The van der Waals surface area contributed by atoms with E-state index in [0.717, 1.165) is 23.6 Å². The highest BCUT2D eigenvalue weighted by atomic mass is 35.5. The molecule has 0 aromatic carbocycles. The Morgan fingerprint density at radius 2 is 2.28 bits per heavy atom. The predicted molar refractivity (Wildman–Crippen MR) is 69.1 cm³/mol. The molecule has 0 aliphatic carbocycles. The first-order chi connectivity index (χ1) is 8.52. The van der Waals surface area contributed by atoms with Gasteiger partial charge in [0, 0.05) is 7.05 Å². The number of furan rings is 1. The second-order valence-electron chi connectivity index (χ2n) is 4.23. The van der Waals surface area contributed by atoms with Crippen LogP contribution in [0.3, 0.4) is 0 Å². The van der Waals surface area contributed by atoms with Crippen LogP contribution < -0.4 is 0 Å². The van der Waals surface area contributed by atoms with E-state index in [0.29, 0.717) is 10.6 Å². The number of carbonyl (C=O) groups excluding carboxylic acids is 1. The third-order valence-corrected chi connectivity index (χ3v) is 3.32. The summed E-state index contributed by atoms with van der Waals surface area (Å²) in [5.74, 6) is 0.711. The van der Waals surface area contributed by atoms with Gasteiger partial charge in [-0.25, -0.2) is 0 Å². The second-order valence-corrected chi connectivity index (χ2v) is 4.61. The maximum Gasteiger partial charge on any atom is 0.172 e. The molecule has 2 aromatic rings. The number of nitrogens with zero attached hydrogens (tertiary/aromatic N) is 2. The molecule has 0 aliphatic heterocycles. The van der Waals surface area contributed by atoms with Crippen LogP contribution in [0.4, 0.5) is 0 Å². The van der Waals surface area contributed by atoms with E-state index in [9.17, 15) is 4.79 Å². The highest BCUT2D eigenvalue weighted by molar-refractivity contribution is 6.32. The smallest absolute Gasteiger partial charge is 0.172 e. The molecule has 0 saturated heterocycles. The van der Waals surface area contributed by atoms with Crippen LogP contribution in [0.15, 0.2) is 16.7 Å². The highest BCUT2D eigenvalue weighted by Crippen LogP contribution is 2.22. The van der Waals surface area contributed by atoms with Gasteiger partial charge in [0.15, 0.2) is 5.78 Å². The Balaban J connectivity index is 2.24. The summed E-state index contributed by atoms with van der Waals surface area (Å²) < 4.78 is 6.81. The zero-order valence-electron chi connectivity index (χ0n) is 10.7. The molecule has 18 heavy (non-hydrogen) atoms. The first-order valence-electron chi connectivity index (χ1n) is 5.81. The summed E-state index contributed by atoms with van der Waals surface area (Å²) in [4.78, 5) is 12.1. The summed E-state index contributed by atoms with van der Waals surface area (Å²) in [5.41, 5.74) is 2.14. The lowest BCUT2D eigenvalue weighted by atomic mass is 10.1. The lowest BCUT2D eigenvalue weighted by Gasteiger charge is -2.00. The van der Waals surface area contributed by atoms with Crippen LogP contribution in [-0.4, -0.2) is 15.6 Å². The summed E-state index contributed by atoms with van der Waals surface area (Å²) in [6.45, 7) is 3.79. The van der Waals surface area contributed by atoms with Gasteiger partial charge in [0.05, 0.1) is 28.4 Å². The molecule has 0 spiro atoms. The van der Waals surface area contributed by atoms with Crippen molar-refractivity contribution in [3.05, 3.63) is 40.1 Å². The van der Waals surface area contributed by atoms with Gasteiger partial charge in [-0.15, -0.1) is 0 Å². The minimum absolute atomic E-state index is 0.0144. The highest BCUT2D eigenvalue weighted by Gasteiger charge is 2.18. The van der Waals surface area contributed by atoms with Gasteiger partial charge in [-0.2, -0.15) is 5.10 Å². The van der Waals surface area contributed by atoms with E-state index in [-0.39, 0.29) is 12.2 Å². The minimum atomic E-state index is -0.0144. The van der Waals surface area contributed by atoms with E-state index in [1.165, 1.54) is 6.26 Å². The molecular weight excluding hydrogens is 252 g/mol. The average molecular weight is 267 g/mol. The normalized spacial score (nSPS) is 10.9. The van der Waals surface area contributed by atoms with Gasteiger partial charge < -0.3 is 4.42 Å². The summed E-state index contributed by atoms with van der Waals surface area (Å²) in [6, 6.07) is 1.73. The molecule has 5 heteroatoms. The Kier molecular flexibility index (Phi) is 3.57. The van der Waals surface area contributed by atoms with Gasteiger partial charge in [0.25, 0.3) is 0 Å². The van der Waals surface area contributed by atoms with Crippen molar-refractivity contribution < 1.29 is 9.21 Å². The minimum Gasteiger partial charge on any atom is -0.469 e. The van der Waals surface area contributed by atoms with Crippen molar-refractivity contribution in [2.24, 2.45) is 7.05 Å². The number of aromatic nitrogens is 2. The van der Waals surface area contributed by atoms with Gasteiger partial charge >= 0.3 is 0 Å². The van der Waals surface area contributed by atoms with Gasteiger partial charge in [-0.05, 0) is 19.4 Å². The molecule has 0 bridgehead atoms. The number of halogens is 1. The largest absolute Gasteiger partial charge is 0.469 e. The zero-order chi connectivity index (χ0) is 13.3. The molecule has 2 rings (SSSR count). The summed E-state index contributed by atoms with van der Waals surface area (Å²) >= 11 is 6.21. The molecule has 2 aromatic heterocycles. The van der Waals surface area contributed by atoms with E-state index < -0.39 is 0 Å². The maximum absolute atomic E-state index is 12.1. The van der Waals surface area contributed by atoms with Crippen molar-refractivity contribution in [2.45, 2.75) is 26.7 Å². The molecule has 2 heterocycles. The Morgan fingerprint density at radius 3 is 2.78 bits per heavy atom. The zero-order valence-corrected chi connectivity index (χ0v) is 11.4. The van der Waals surface area contributed by atoms with Crippen molar-refractivity contribution in [2.75, 3.05) is 0 Å². The Hall–Kier alpha value is -1.55. The fourth-order valence-corrected chi connectivity index (χ4v) is 2.22. The lowest BCUT2D eigenvalue weighted by Crippen LogP contribution is -2.07. The lowest BCUT2D eigenvalue weighted by molar-refractivity contribution is 0.0990. The predicted octanol–water partition coefficient (Wildman–Crippen LogP) is 2.96. The van der Waals surface area contributed by atoms with Crippen molar-refractivity contribution in [1.29, 1.82) is 0 Å². The monoisotopic (exact) mass is 266 g/mol. The first-order valence-corrected chi connectivity index (χ1v) is 6.19. The van der Waals surface area contributed by atoms with Gasteiger partial charge in [0.2, 0.25) is 0 Å².